The largest absolute Gasteiger partial charge is 0.330 e. The van der Waals surface area contributed by atoms with Gasteiger partial charge in [0.2, 0.25) is 0 Å². The average Bonchev–Trinajstić information content (AvgIpc) is 2.45. The number of aryl methyl sites for hydroxylation is 2. The molecule has 3 aliphatic rings. The van der Waals surface area contributed by atoms with Crippen LogP contribution in [0.15, 0.2) is 18.2 Å². The number of nitrogens with two attached hydrogens (primary N) is 1. The first kappa shape index (κ1) is 13.1. The van der Waals surface area contributed by atoms with Gasteiger partial charge in [0, 0.05) is 12.5 Å². The van der Waals surface area contributed by atoms with Crippen LogP contribution in [0, 0.1) is 25.7 Å². The van der Waals surface area contributed by atoms with E-state index in [1.165, 1.54) is 49.2 Å². The highest BCUT2D eigenvalue weighted by atomic mass is 15.1. The second-order valence-electron chi connectivity index (χ2n) is 6.50. The Morgan fingerprint density at radius 2 is 2.00 bits per heavy atom. The topological polar surface area (TPSA) is 29.3 Å². The number of nitrogens with zero attached hydrogens (tertiary/aromatic N) is 1. The van der Waals surface area contributed by atoms with Crippen molar-refractivity contribution in [3.8, 4) is 0 Å². The van der Waals surface area contributed by atoms with Crippen LogP contribution in [-0.4, -0.2) is 31.1 Å². The molecule has 0 aromatic heterocycles. The molecule has 2 bridgehead atoms. The maximum absolute atomic E-state index is 6.17. The molecule has 0 spiro atoms. The maximum atomic E-state index is 6.17. The second-order valence-corrected chi connectivity index (χ2v) is 6.50. The van der Waals surface area contributed by atoms with E-state index in [1.54, 1.807) is 0 Å². The van der Waals surface area contributed by atoms with Crippen LogP contribution in [0.5, 0.6) is 0 Å². The maximum Gasteiger partial charge on any atom is 0.00187 e. The van der Waals surface area contributed by atoms with Gasteiger partial charge in [0.05, 0.1) is 0 Å². The summed E-state index contributed by atoms with van der Waals surface area (Å²) in [6, 6.07) is 6.84. The molecule has 1 aromatic rings. The fraction of sp³-hybridized carbons (Fsp3) is 0.647. The third kappa shape index (κ3) is 2.44. The predicted octanol–water partition coefficient (Wildman–Crippen LogP) is 2.69. The molecular weight excluding hydrogens is 232 g/mol. The van der Waals surface area contributed by atoms with Crippen LogP contribution in [-0.2, 0) is 0 Å². The van der Waals surface area contributed by atoms with Gasteiger partial charge >= 0.3 is 0 Å². The molecular formula is C17H26N2. The van der Waals surface area contributed by atoms with Gasteiger partial charge in [-0.15, -0.1) is 0 Å². The third-order valence-electron chi connectivity index (χ3n) is 5.31. The zero-order valence-electron chi connectivity index (χ0n) is 12.2. The minimum atomic E-state index is 0.549. The first-order valence-corrected chi connectivity index (χ1v) is 7.68. The summed E-state index contributed by atoms with van der Waals surface area (Å²) in [6.45, 7) is 9.10. The molecule has 2 N–H and O–H groups in total. The molecule has 3 fully saturated rings. The predicted molar refractivity (Wildman–Crippen MR) is 80.4 cm³/mol. The van der Waals surface area contributed by atoms with E-state index >= 15 is 0 Å². The number of benzene rings is 1. The summed E-state index contributed by atoms with van der Waals surface area (Å²) in [5.41, 5.74) is 10.4. The van der Waals surface area contributed by atoms with E-state index in [1.807, 2.05) is 0 Å². The Balaban J connectivity index is 1.90. The summed E-state index contributed by atoms with van der Waals surface area (Å²) >= 11 is 0. The lowest BCUT2D eigenvalue weighted by Gasteiger charge is -2.48. The van der Waals surface area contributed by atoms with Crippen LogP contribution in [0.1, 0.15) is 35.4 Å². The summed E-state index contributed by atoms with van der Waals surface area (Å²) in [7, 11) is 0. The number of hydrogen-bond donors (Lipinski definition) is 1. The average molecular weight is 258 g/mol. The molecule has 0 aliphatic carbocycles. The third-order valence-corrected chi connectivity index (χ3v) is 5.31. The van der Waals surface area contributed by atoms with Crippen molar-refractivity contribution in [3.63, 3.8) is 0 Å². The van der Waals surface area contributed by atoms with Crippen molar-refractivity contribution in [1.82, 2.24) is 4.90 Å². The Bertz CT molecular complexity index is 447. The van der Waals surface area contributed by atoms with Crippen LogP contribution < -0.4 is 5.73 Å². The van der Waals surface area contributed by atoms with Crippen LogP contribution in [0.2, 0.25) is 0 Å². The molecule has 3 aliphatic heterocycles. The molecule has 0 saturated carbocycles. The van der Waals surface area contributed by atoms with E-state index in [-0.39, 0.29) is 0 Å². The summed E-state index contributed by atoms with van der Waals surface area (Å²) in [5, 5.41) is 0. The minimum Gasteiger partial charge on any atom is -0.330 e. The summed E-state index contributed by atoms with van der Waals surface area (Å²) in [6.07, 6.45) is 2.76. The number of piperidine rings is 3. The SMILES string of the molecule is Cc1ccc(C)c(C(CN)C2CN3CCC2CC3)c1. The van der Waals surface area contributed by atoms with Crippen molar-refractivity contribution in [1.29, 1.82) is 0 Å². The number of fused-ring (bicyclic) bond motifs is 3. The fourth-order valence-corrected chi connectivity index (χ4v) is 4.16. The molecule has 2 nitrogen and oxygen atoms in total. The quantitative estimate of drug-likeness (QED) is 0.903. The standard InChI is InChI=1S/C17H26N2/c1-12-3-4-13(2)15(9-12)16(10-18)17-11-19-7-5-14(17)6-8-19/h3-4,9,14,16-17H,5-8,10-11,18H2,1-2H3. The molecule has 4 rings (SSSR count). The molecule has 1 aromatic carbocycles. The van der Waals surface area contributed by atoms with Crippen molar-refractivity contribution in [2.24, 2.45) is 17.6 Å². The van der Waals surface area contributed by atoms with E-state index in [0.717, 1.165) is 18.4 Å². The monoisotopic (exact) mass is 258 g/mol. The van der Waals surface area contributed by atoms with Gasteiger partial charge in [-0.2, -0.15) is 0 Å². The summed E-state index contributed by atoms with van der Waals surface area (Å²) < 4.78 is 0. The number of hydrogen-bond acceptors (Lipinski definition) is 2. The lowest BCUT2D eigenvalue weighted by atomic mass is 9.69. The smallest absolute Gasteiger partial charge is 0.00187 e. The first-order valence-electron chi connectivity index (χ1n) is 7.68. The van der Waals surface area contributed by atoms with Gasteiger partial charge in [-0.1, -0.05) is 23.8 Å². The van der Waals surface area contributed by atoms with Gasteiger partial charge < -0.3 is 10.6 Å². The van der Waals surface area contributed by atoms with Gasteiger partial charge in [-0.3, -0.25) is 0 Å². The van der Waals surface area contributed by atoms with Crippen LogP contribution in [0.3, 0.4) is 0 Å². The highest BCUT2D eigenvalue weighted by Crippen LogP contribution is 2.41. The normalized spacial score (nSPS) is 31.4. The summed E-state index contributed by atoms with van der Waals surface area (Å²) in [5.74, 6) is 2.22. The molecule has 3 heterocycles. The van der Waals surface area contributed by atoms with E-state index in [0.29, 0.717) is 5.92 Å². The van der Waals surface area contributed by atoms with Crippen molar-refractivity contribution >= 4 is 0 Å². The Hall–Kier alpha value is -0.860. The molecule has 2 unspecified atom stereocenters. The van der Waals surface area contributed by atoms with Gasteiger partial charge in [0.15, 0.2) is 0 Å². The van der Waals surface area contributed by atoms with Crippen molar-refractivity contribution < 1.29 is 0 Å². The molecule has 104 valence electrons. The molecule has 3 saturated heterocycles. The van der Waals surface area contributed by atoms with E-state index in [9.17, 15) is 0 Å². The molecule has 19 heavy (non-hydrogen) atoms. The Labute approximate surface area is 117 Å². The van der Waals surface area contributed by atoms with Gasteiger partial charge in [-0.05, 0) is 69.3 Å². The highest BCUT2D eigenvalue weighted by molar-refractivity contribution is 5.34. The lowest BCUT2D eigenvalue weighted by Crippen LogP contribution is -2.50. The Kier molecular flexibility index (Phi) is 3.64. The molecule has 0 radical (unpaired) electrons. The first-order chi connectivity index (χ1) is 9.19. The highest BCUT2D eigenvalue weighted by Gasteiger charge is 2.38. The Morgan fingerprint density at radius 3 is 2.58 bits per heavy atom. The van der Waals surface area contributed by atoms with Gasteiger partial charge in [0.25, 0.3) is 0 Å². The lowest BCUT2D eigenvalue weighted by molar-refractivity contribution is 0.0378. The zero-order chi connectivity index (χ0) is 13.4. The van der Waals surface area contributed by atoms with Gasteiger partial charge in [-0.25, -0.2) is 0 Å². The number of rotatable bonds is 3. The van der Waals surface area contributed by atoms with E-state index < -0.39 is 0 Å². The molecule has 2 atom stereocenters. The van der Waals surface area contributed by atoms with Crippen LogP contribution in [0.25, 0.3) is 0 Å². The van der Waals surface area contributed by atoms with Crippen molar-refractivity contribution in [3.05, 3.63) is 34.9 Å². The van der Waals surface area contributed by atoms with Crippen molar-refractivity contribution in [2.45, 2.75) is 32.6 Å². The Morgan fingerprint density at radius 1 is 1.26 bits per heavy atom. The van der Waals surface area contributed by atoms with E-state index in [2.05, 4.69) is 36.9 Å². The van der Waals surface area contributed by atoms with Crippen LogP contribution in [0.4, 0.5) is 0 Å². The van der Waals surface area contributed by atoms with Crippen LogP contribution >= 0.6 is 0 Å². The molecule has 0 amide bonds. The zero-order valence-corrected chi connectivity index (χ0v) is 12.2. The second kappa shape index (κ2) is 5.26. The summed E-state index contributed by atoms with van der Waals surface area (Å²) in [4.78, 5) is 2.64. The van der Waals surface area contributed by atoms with Gasteiger partial charge in [0.1, 0.15) is 0 Å². The van der Waals surface area contributed by atoms with Crippen molar-refractivity contribution in [2.75, 3.05) is 26.2 Å². The van der Waals surface area contributed by atoms with E-state index in [4.69, 9.17) is 5.73 Å². The molecule has 2 heteroatoms. The fourth-order valence-electron chi connectivity index (χ4n) is 4.16. The minimum absolute atomic E-state index is 0.549.